The standard InChI is InChI=1S/C8H4BClF3.K/c10-8-3-1-7(2-4-8)5-6-9(11,12)13;/h1-4H;/q-1;+1. The van der Waals surface area contributed by atoms with Crippen LogP contribution in [-0.4, -0.2) is 6.98 Å². The minimum absolute atomic E-state index is 0. The average Bonchev–Trinajstić information content (AvgIpc) is 2.02. The molecule has 1 rings (SSSR count). The second kappa shape index (κ2) is 6.21. The van der Waals surface area contributed by atoms with Crippen molar-refractivity contribution in [2.75, 3.05) is 0 Å². The normalized spacial score (nSPS) is 9.71. The zero-order valence-corrected chi connectivity index (χ0v) is 11.3. The smallest absolute Gasteiger partial charge is 0.438 e. The summed E-state index contributed by atoms with van der Waals surface area (Å²) in [5.41, 5.74) is 0.309. The fourth-order valence-electron chi connectivity index (χ4n) is 0.698. The summed E-state index contributed by atoms with van der Waals surface area (Å²) in [4.78, 5) is 0. The van der Waals surface area contributed by atoms with Crippen LogP contribution in [0.2, 0.25) is 5.02 Å². The molecule has 1 aromatic rings. The van der Waals surface area contributed by atoms with Gasteiger partial charge in [-0.05, 0) is 24.3 Å². The van der Waals surface area contributed by atoms with E-state index in [9.17, 15) is 12.9 Å². The molecule has 0 saturated heterocycles. The summed E-state index contributed by atoms with van der Waals surface area (Å²) in [6, 6.07) is 5.87. The van der Waals surface area contributed by atoms with Gasteiger partial charge >= 0.3 is 58.4 Å². The molecule has 0 aliphatic rings. The molecule has 0 unspecified atom stereocenters. The van der Waals surface area contributed by atoms with Gasteiger partial charge in [0.1, 0.15) is 0 Å². The first-order chi connectivity index (χ1) is 5.97. The van der Waals surface area contributed by atoms with Crippen molar-refractivity contribution < 1.29 is 64.3 Å². The fourth-order valence-corrected chi connectivity index (χ4v) is 0.824. The number of benzene rings is 1. The van der Waals surface area contributed by atoms with Gasteiger partial charge in [0.2, 0.25) is 0 Å². The van der Waals surface area contributed by atoms with Gasteiger partial charge in [0.05, 0.1) is 0 Å². The van der Waals surface area contributed by atoms with Crippen molar-refractivity contribution in [2.24, 2.45) is 0 Å². The summed E-state index contributed by atoms with van der Waals surface area (Å²) in [7, 11) is 0. The van der Waals surface area contributed by atoms with Crippen molar-refractivity contribution in [3.05, 3.63) is 34.9 Å². The van der Waals surface area contributed by atoms with Crippen molar-refractivity contribution in [2.45, 2.75) is 0 Å². The molecule has 1 aromatic carbocycles. The third-order valence-electron chi connectivity index (χ3n) is 1.22. The molecular weight excluding hydrogens is 238 g/mol. The summed E-state index contributed by atoms with van der Waals surface area (Å²) in [6.07, 6.45) is 0. The maximum absolute atomic E-state index is 11.7. The third-order valence-corrected chi connectivity index (χ3v) is 1.48. The molecule has 6 heteroatoms. The van der Waals surface area contributed by atoms with Crippen molar-refractivity contribution in [3.63, 3.8) is 0 Å². The van der Waals surface area contributed by atoms with Gasteiger partial charge in [0.15, 0.2) is 0 Å². The van der Waals surface area contributed by atoms with E-state index < -0.39 is 6.98 Å². The molecule has 0 spiro atoms. The van der Waals surface area contributed by atoms with Crippen LogP contribution in [0.15, 0.2) is 24.3 Å². The topological polar surface area (TPSA) is 0 Å². The van der Waals surface area contributed by atoms with Gasteiger partial charge in [0, 0.05) is 10.6 Å². The van der Waals surface area contributed by atoms with Crippen molar-refractivity contribution in [1.29, 1.82) is 0 Å². The maximum atomic E-state index is 11.7. The molecule has 0 saturated carbocycles. The van der Waals surface area contributed by atoms with E-state index in [1.807, 2.05) is 5.92 Å². The van der Waals surface area contributed by atoms with Crippen molar-refractivity contribution in [3.8, 4) is 11.7 Å². The van der Waals surface area contributed by atoms with Crippen LogP contribution in [0.5, 0.6) is 0 Å². The average molecular weight is 242 g/mol. The van der Waals surface area contributed by atoms with Crippen molar-refractivity contribution in [1.82, 2.24) is 0 Å². The van der Waals surface area contributed by atoms with Gasteiger partial charge in [-0.2, -0.15) is 5.82 Å². The van der Waals surface area contributed by atoms with Crippen LogP contribution in [0.25, 0.3) is 0 Å². The molecule has 0 atom stereocenters. The predicted octanol–water partition coefficient (Wildman–Crippen LogP) is 0.0821. The van der Waals surface area contributed by atoms with E-state index in [2.05, 4.69) is 0 Å². The van der Waals surface area contributed by atoms with E-state index >= 15 is 0 Å². The Morgan fingerprint density at radius 3 is 2.00 bits per heavy atom. The Morgan fingerprint density at radius 2 is 1.57 bits per heavy atom. The molecule has 0 heterocycles. The minimum atomic E-state index is -5.03. The Hall–Kier alpha value is 0.561. The van der Waals surface area contributed by atoms with Gasteiger partial charge < -0.3 is 12.9 Å². The molecule has 68 valence electrons. The largest absolute Gasteiger partial charge is 1.00 e. The van der Waals surface area contributed by atoms with Crippen LogP contribution in [0, 0.1) is 11.7 Å². The maximum Gasteiger partial charge on any atom is 1.00 e. The second-order valence-electron chi connectivity index (χ2n) is 2.35. The summed E-state index contributed by atoms with van der Waals surface area (Å²) < 4.78 is 35.1. The van der Waals surface area contributed by atoms with E-state index in [0.717, 1.165) is 0 Å². The molecule has 0 aliphatic carbocycles. The third kappa shape index (κ3) is 6.12. The molecule has 0 nitrogen and oxygen atoms in total. The van der Waals surface area contributed by atoms with Crippen LogP contribution in [0.3, 0.4) is 0 Å². The van der Waals surface area contributed by atoms with E-state index in [1.54, 1.807) is 0 Å². The van der Waals surface area contributed by atoms with E-state index in [0.29, 0.717) is 10.6 Å². The SMILES string of the molecule is F[B-](F)(F)C#Cc1ccc(Cl)cc1.[K+]. The molecule has 0 bridgehead atoms. The summed E-state index contributed by atoms with van der Waals surface area (Å²) in [5.74, 6) is 3.23. The van der Waals surface area contributed by atoms with Crippen LogP contribution in [-0.2, 0) is 0 Å². The van der Waals surface area contributed by atoms with Crippen LogP contribution in [0.4, 0.5) is 12.9 Å². The fraction of sp³-hybridized carbons (Fsp3) is 0. The molecule has 0 amide bonds. The Balaban J connectivity index is 0.00000169. The first kappa shape index (κ1) is 14.6. The molecule has 0 radical (unpaired) electrons. The number of hydrogen-bond acceptors (Lipinski definition) is 0. The zero-order chi connectivity index (χ0) is 9.90. The van der Waals surface area contributed by atoms with Crippen LogP contribution < -0.4 is 51.4 Å². The van der Waals surface area contributed by atoms with Gasteiger partial charge in [-0.3, -0.25) is 0 Å². The monoisotopic (exact) mass is 242 g/mol. The number of halogens is 4. The van der Waals surface area contributed by atoms with Crippen molar-refractivity contribution >= 4 is 18.6 Å². The van der Waals surface area contributed by atoms with Gasteiger partial charge in [-0.15, -0.1) is 5.92 Å². The Bertz CT molecular complexity index is 350. The van der Waals surface area contributed by atoms with Crippen LogP contribution >= 0.6 is 11.6 Å². The molecule has 0 aliphatic heterocycles. The molecule has 0 aromatic heterocycles. The second-order valence-corrected chi connectivity index (χ2v) is 2.79. The summed E-state index contributed by atoms with van der Waals surface area (Å²) in [5, 5.41) is 0.475. The zero-order valence-electron chi connectivity index (χ0n) is 7.40. The summed E-state index contributed by atoms with van der Waals surface area (Å²) >= 11 is 5.54. The Labute approximate surface area is 128 Å². The minimum Gasteiger partial charge on any atom is -0.438 e. The van der Waals surface area contributed by atoms with E-state index in [4.69, 9.17) is 11.6 Å². The molecular formula is C8H4BClF3K. The van der Waals surface area contributed by atoms with Gasteiger partial charge in [-0.1, -0.05) is 11.6 Å². The Morgan fingerprint density at radius 1 is 1.07 bits per heavy atom. The summed E-state index contributed by atoms with van der Waals surface area (Å²) in [6.45, 7) is -5.03. The molecule has 14 heavy (non-hydrogen) atoms. The van der Waals surface area contributed by atoms with Gasteiger partial charge in [0.25, 0.3) is 0 Å². The first-order valence-corrected chi connectivity index (χ1v) is 3.83. The molecule has 0 N–H and O–H groups in total. The Kier molecular flexibility index (Phi) is 6.46. The van der Waals surface area contributed by atoms with Gasteiger partial charge in [-0.25, -0.2) is 0 Å². The number of hydrogen-bond donors (Lipinski definition) is 0. The van der Waals surface area contributed by atoms with E-state index in [1.165, 1.54) is 30.1 Å². The molecule has 0 fully saturated rings. The van der Waals surface area contributed by atoms with Crippen LogP contribution in [0.1, 0.15) is 5.56 Å². The quantitative estimate of drug-likeness (QED) is 0.447. The first-order valence-electron chi connectivity index (χ1n) is 3.45. The predicted molar refractivity (Wildman–Crippen MR) is 47.4 cm³/mol. The number of rotatable bonds is 0. The van der Waals surface area contributed by atoms with E-state index in [-0.39, 0.29) is 51.4 Å².